The number of aryl methyl sites for hydroxylation is 1. The van der Waals surface area contributed by atoms with Gasteiger partial charge in [0.05, 0.1) is 19.9 Å². The zero-order valence-electron chi connectivity index (χ0n) is 18.0. The summed E-state index contributed by atoms with van der Waals surface area (Å²) in [6.45, 7) is 6.93. The molecular formula is C24H26N2O4. The summed E-state index contributed by atoms with van der Waals surface area (Å²) < 4.78 is 18.7. The van der Waals surface area contributed by atoms with Crippen molar-refractivity contribution in [2.75, 3.05) is 14.2 Å². The van der Waals surface area contributed by atoms with E-state index in [-0.39, 0.29) is 17.0 Å². The molecule has 6 heteroatoms. The smallest absolute Gasteiger partial charge is 0.351 e. The Morgan fingerprint density at radius 1 is 0.967 bits per heavy atom. The van der Waals surface area contributed by atoms with E-state index in [0.717, 1.165) is 28.8 Å². The van der Waals surface area contributed by atoms with Crippen LogP contribution in [0.4, 0.5) is 0 Å². The molecule has 1 aliphatic rings. The monoisotopic (exact) mass is 406 g/mol. The van der Waals surface area contributed by atoms with Gasteiger partial charge in [0.25, 0.3) is 0 Å². The van der Waals surface area contributed by atoms with Gasteiger partial charge in [0.2, 0.25) is 5.88 Å². The topological polar surface area (TPSA) is 62.6 Å². The Morgan fingerprint density at radius 3 is 2.37 bits per heavy atom. The van der Waals surface area contributed by atoms with E-state index < -0.39 is 0 Å². The molecule has 6 nitrogen and oxygen atoms in total. The number of hydrogen-bond acceptors (Lipinski definition) is 5. The summed E-state index contributed by atoms with van der Waals surface area (Å²) in [5.74, 6) is 2.28. The molecule has 3 aromatic rings. The first kappa shape index (κ1) is 20.0. The van der Waals surface area contributed by atoms with Gasteiger partial charge in [-0.2, -0.15) is 4.98 Å². The van der Waals surface area contributed by atoms with E-state index in [9.17, 15) is 4.79 Å². The second-order valence-corrected chi connectivity index (χ2v) is 8.38. The van der Waals surface area contributed by atoms with Crippen LogP contribution in [0.1, 0.15) is 31.9 Å². The van der Waals surface area contributed by atoms with Crippen molar-refractivity contribution in [3.05, 3.63) is 64.1 Å². The van der Waals surface area contributed by atoms with E-state index in [0.29, 0.717) is 23.8 Å². The van der Waals surface area contributed by atoms with Crippen LogP contribution in [0.5, 0.6) is 23.1 Å². The standard InChI is InChI=1S/C24H26N2O4/c1-24(2,3)17-8-6-7-9-19(17)30-22-14-18-16-13-21(29-5)20(28-4)12-15(16)10-11-26(18)23(27)25-22/h6-9,12-14H,10-11H2,1-5H3. The predicted molar refractivity (Wildman–Crippen MR) is 116 cm³/mol. The lowest BCUT2D eigenvalue weighted by molar-refractivity contribution is 0.354. The average Bonchev–Trinajstić information content (AvgIpc) is 2.72. The minimum atomic E-state index is -0.323. The lowest BCUT2D eigenvalue weighted by atomic mass is 9.86. The van der Waals surface area contributed by atoms with Crippen molar-refractivity contribution in [3.63, 3.8) is 0 Å². The number of para-hydroxylation sites is 1. The highest BCUT2D eigenvalue weighted by Gasteiger charge is 2.23. The zero-order chi connectivity index (χ0) is 21.5. The van der Waals surface area contributed by atoms with Crippen molar-refractivity contribution in [1.82, 2.24) is 9.55 Å². The van der Waals surface area contributed by atoms with Gasteiger partial charge in [-0.1, -0.05) is 39.0 Å². The second-order valence-electron chi connectivity index (χ2n) is 8.38. The molecule has 156 valence electrons. The van der Waals surface area contributed by atoms with Crippen molar-refractivity contribution in [1.29, 1.82) is 0 Å². The van der Waals surface area contributed by atoms with Crippen LogP contribution in [0.25, 0.3) is 11.3 Å². The van der Waals surface area contributed by atoms with Crippen molar-refractivity contribution in [2.24, 2.45) is 0 Å². The van der Waals surface area contributed by atoms with Crippen molar-refractivity contribution < 1.29 is 14.2 Å². The Hall–Kier alpha value is -3.28. The molecule has 2 heterocycles. The normalized spacial score (nSPS) is 12.7. The van der Waals surface area contributed by atoms with Crippen molar-refractivity contribution >= 4 is 0 Å². The summed E-state index contributed by atoms with van der Waals surface area (Å²) in [7, 11) is 3.22. The highest BCUT2D eigenvalue weighted by atomic mass is 16.5. The fourth-order valence-corrected chi connectivity index (χ4v) is 3.86. The van der Waals surface area contributed by atoms with Gasteiger partial charge in [-0.25, -0.2) is 4.79 Å². The Bertz CT molecular complexity index is 1160. The minimum absolute atomic E-state index is 0.101. The van der Waals surface area contributed by atoms with E-state index in [4.69, 9.17) is 14.2 Å². The van der Waals surface area contributed by atoms with Crippen LogP contribution >= 0.6 is 0 Å². The van der Waals surface area contributed by atoms with Gasteiger partial charge in [-0.15, -0.1) is 0 Å². The van der Waals surface area contributed by atoms with E-state index in [1.807, 2.05) is 42.5 Å². The summed E-state index contributed by atoms with van der Waals surface area (Å²) >= 11 is 0. The minimum Gasteiger partial charge on any atom is -0.493 e. The fourth-order valence-electron chi connectivity index (χ4n) is 3.86. The van der Waals surface area contributed by atoms with Crippen LogP contribution in [0.3, 0.4) is 0 Å². The van der Waals surface area contributed by atoms with Gasteiger partial charge < -0.3 is 14.2 Å². The summed E-state index contributed by atoms with van der Waals surface area (Å²) in [6, 6.07) is 13.5. The molecule has 0 saturated carbocycles. The maximum atomic E-state index is 12.8. The maximum Gasteiger partial charge on any atom is 0.351 e. The fraction of sp³-hybridized carbons (Fsp3) is 0.333. The molecule has 0 amide bonds. The SMILES string of the molecule is COc1cc2c(cc1OC)-c1cc(Oc3ccccc3C(C)(C)C)nc(=O)n1CC2. The van der Waals surface area contributed by atoms with Crippen LogP contribution in [0.15, 0.2) is 47.3 Å². The van der Waals surface area contributed by atoms with E-state index in [2.05, 4.69) is 25.8 Å². The number of hydrogen-bond donors (Lipinski definition) is 0. The molecule has 0 atom stereocenters. The number of aromatic nitrogens is 2. The van der Waals surface area contributed by atoms with Crippen molar-refractivity contribution in [3.8, 4) is 34.4 Å². The first-order valence-corrected chi connectivity index (χ1v) is 9.96. The van der Waals surface area contributed by atoms with Gasteiger partial charge in [0.15, 0.2) is 11.5 Å². The zero-order valence-corrected chi connectivity index (χ0v) is 18.0. The largest absolute Gasteiger partial charge is 0.493 e. The van der Waals surface area contributed by atoms with Crippen LogP contribution in [0.2, 0.25) is 0 Å². The summed E-state index contributed by atoms with van der Waals surface area (Å²) in [4.78, 5) is 16.9. The number of nitrogens with zero attached hydrogens (tertiary/aromatic N) is 2. The summed E-state index contributed by atoms with van der Waals surface area (Å²) in [5, 5.41) is 0. The van der Waals surface area contributed by atoms with E-state index in [1.165, 1.54) is 0 Å². The number of ether oxygens (including phenoxy) is 3. The van der Waals surface area contributed by atoms with Gasteiger partial charge in [0.1, 0.15) is 5.75 Å². The van der Waals surface area contributed by atoms with Gasteiger partial charge >= 0.3 is 5.69 Å². The molecule has 0 spiro atoms. The summed E-state index contributed by atoms with van der Waals surface area (Å²) in [5.41, 5.74) is 3.41. The molecule has 0 unspecified atom stereocenters. The molecule has 0 aliphatic carbocycles. The highest BCUT2D eigenvalue weighted by Crippen LogP contribution is 2.39. The third kappa shape index (κ3) is 3.54. The van der Waals surface area contributed by atoms with Gasteiger partial charge in [-0.3, -0.25) is 4.57 Å². The summed E-state index contributed by atoms with van der Waals surface area (Å²) in [6.07, 6.45) is 0.720. The Labute approximate surface area is 176 Å². The lowest BCUT2D eigenvalue weighted by Crippen LogP contribution is -2.28. The van der Waals surface area contributed by atoms with E-state index >= 15 is 0 Å². The van der Waals surface area contributed by atoms with Crippen molar-refractivity contribution in [2.45, 2.75) is 39.2 Å². The van der Waals surface area contributed by atoms with Crippen LogP contribution < -0.4 is 19.9 Å². The Morgan fingerprint density at radius 2 is 1.67 bits per heavy atom. The van der Waals surface area contributed by atoms with Crippen LogP contribution in [-0.2, 0) is 18.4 Å². The third-order valence-electron chi connectivity index (χ3n) is 5.39. The van der Waals surface area contributed by atoms with Gasteiger partial charge in [0, 0.05) is 23.7 Å². The first-order chi connectivity index (χ1) is 14.3. The second kappa shape index (κ2) is 7.52. The predicted octanol–water partition coefficient (Wildman–Crippen LogP) is 4.57. The number of rotatable bonds is 4. The number of fused-ring (bicyclic) bond motifs is 3. The quantitative estimate of drug-likeness (QED) is 0.635. The maximum absolute atomic E-state index is 12.8. The molecule has 0 fully saturated rings. The van der Waals surface area contributed by atoms with E-state index in [1.54, 1.807) is 18.8 Å². The number of methoxy groups -OCH3 is 2. The molecule has 1 aromatic heterocycles. The van der Waals surface area contributed by atoms with Crippen LogP contribution in [-0.4, -0.2) is 23.8 Å². The molecular weight excluding hydrogens is 380 g/mol. The molecule has 0 N–H and O–H groups in total. The average molecular weight is 406 g/mol. The molecule has 0 radical (unpaired) electrons. The lowest BCUT2D eigenvalue weighted by Gasteiger charge is -2.24. The molecule has 2 aromatic carbocycles. The molecule has 0 bridgehead atoms. The highest BCUT2D eigenvalue weighted by molar-refractivity contribution is 5.70. The third-order valence-corrected chi connectivity index (χ3v) is 5.39. The van der Waals surface area contributed by atoms with Crippen LogP contribution in [0, 0.1) is 0 Å². The number of benzene rings is 2. The molecule has 4 rings (SSSR count). The molecule has 30 heavy (non-hydrogen) atoms. The Kier molecular flexibility index (Phi) is 5.02. The first-order valence-electron chi connectivity index (χ1n) is 9.96. The molecule has 1 aliphatic heterocycles. The molecule has 0 saturated heterocycles. The Balaban J connectivity index is 1.82. The van der Waals surface area contributed by atoms with Gasteiger partial charge in [-0.05, 0) is 35.6 Å².